The molecule has 4 unspecified atom stereocenters. The maximum Gasteiger partial charge on any atom is -0.00850 e. The largest absolute Gasteiger partial charge is 0.333 e. The van der Waals surface area contributed by atoms with E-state index in [1.807, 2.05) is 16.7 Å². The standard InChI is InChI=1S/C23H34.CH5N/c1-4-5-6-18-9-12-22-21-11-8-17-15-16(2)7-10-19(17)20(21)13-14-23(18,22)3;1-2/h6-7,20-22H,4-5,8-15H2,1-3H3;2H2,1H3/b18-6-;. The second-order valence-electron chi connectivity index (χ2n) is 8.99. The van der Waals surface area contributed by atoms with E-state index in [1.54, 1.807) is 5.57 Å². The van der Waals surface area contributed by atoms with Gasteiger partial charge in [0.25, 0.3) is 0 Å². The SMILES string of the molecule is CCC/C=C1/CCC2C3CCC4=C(CC=C(C)C4)C3CCC12C.CN. The number of nitrogens with two attached hydrogens (primary N) is 1. The first-order valence-corrected chi connectivity index (χ1v) is 10.8. The van der Waals surface area contributed by atoms with Crippen LogP contribution in [0.25, 0.3) is 0 Å². The van der Waals surface area contributed by atoms with E-state index in [1.165, 1.54) is 71.3 Å². The molecular weight excluding hydrogens is 302 g/mol. The van der Waals surface area contributed by atoms with Crippen molar-refractivity contribution in [3.63, 3.8) is 0 Å². The van der Waals surface area contributed by atoms with E-state index < -0.39 is 0 Å². The molecule has 0 aliphatic heterocycles. The van der Waals surface area contributed by atoms with Crippen molar-refractivity contribution in [1.82, 2.24) is 0 Å². The Hall–Kier alpha value is -0.820. The minimum absolute atomic E-state index is 0.550. The molecule has 1 nitrogen and oxygen atoms in total. The van der Waals surface area contributed by atoms with Gasteiger partial charge in [-0.25, -0.2) is 0 Å². The van der Waals surface area contributed by atoms with Crippen molar-refractivity contribution in [2.24, 2.45) is 28.9 Å². The zero-order chi connectivity index (χ0) is 18.0. The van der Waals surface area contributed by atoms with Crippen molar-refractivity contribution in [1.29, 1.82) is 0 Å². The molecule has 0 spiro atoms. The van der Waals surface area contributed by atoms with E-state index >= 15 is 0 Å². The average Bonchev–Trinajstić information content (AvgIpc) is 2.97. The quantitative estimate of drug-likeness (QED) is 0.565. The fraction of sp³-hybridized carbons (Fsp3) is 0.750. The van der Waals surface area contributed by atoms with Crippen molar-refractivity contribution in [3.05, 3.63) is 34.4 Å². The highest BCUT2D eigenvalue weighted by atomic mass is 14.6. The lowest BCUT2D eigenvalue weighted by Gasteiger charge is -2.51. The van der Waals surface area contributed by atoms with Gasteiger partial charge in [-0.3, -0.25) is 0 Å². The van der Waals surface area contributed by atoms with Crippen LogP contribution in [0.1, 0.15) is 85.0 Å². The van der Waals surface area contributed by atoms with Crippen molar-refractivity contribution in [2.45, 2.75) is 85.0 Å². The zero-order valence-corrected chi connectivity index (χ0v) is 17.0. The summed E-state index contributed by atoms with van der Waals surface area (Å²) in [4.78, 5) is 0. The average molecular weight is 342 g/mol. The number of allylic oxidation sites excluding steroid dienone is 6. The minimum Gasteiger partial charge on any atom is -0.333 e. The van der Waals surface area contributed by atoms with Crippen molar-refractivity contribution in [3.8, 4) is 0 Å². The Morgan fingerprint density at radius 2 is 2.00 bits per heavy atom. The first-order chi connectivity index (χ1) is 12.1. The minimum atomic E-state index is 0.550. The van der Waals surface area contributed by atoms with E-state index in [0.29, 0.717) is 5.41 Å². The summed E-state index contributed by atoms with van der Waals surface area (Å²) in [6, 6.07) is 0. The molecule has 4 atom stereocenters. The van der Waals surface area contributed by atoms with Crippen molar-refractivity contribution in [2.75, 3.05) is 7.05 Å². The van der Waals surface area contributed by atoms with Crippen LogP contribution in [0.2, 0.25) is 0 Å². The lowest BCUT2D eigenvalue weighted by atomic mass is 9.54. The summed E-state index contributed by atoms with van der Waals surface area (Å²) >= 11 is 0. The van der Waals surface area contributed by atoms with Gasteiger partial charge in [-0.2, -0.15) is 0 Å². The van der Waals surface area contributed by atoms with Gasteiger partial charge in [-0.05, 0) is 94.9 Å². The third-order valence-corrected chi connectivity index (χ3v) is 7.81. The first-order valence-electron chi connectivity index (χ1n) is 10.8. The molecule has 0 saturated heterocycles. The smallest absolute Gasteiger partial charge is 0.00850 e. The van der Waals surface area contributed by atoms with E-state index in [0.717, 1.165) is 17.8 Å². The Morgan fingerprint density at radius 3 is 2.76 bits per heavy atom. The lowest BCUT2D eigenvalue weighted by Crippen LogP contribution is -2.41. The van der Waals surface area contributed by atoms with Gasteiger partial charge >= 0.3 is 0 Å². The van der Waals surface area contributed by atoms with Crippen LogP contribution in [0.4, 0.5) is 0 Å². The molecule has 0 radical (unpaired) electrons. The molecule has 0 aromatic rings. The maximum absolute atomic E-state index is 4.50. The van der Waals surface area contributed by atoms with E-state index in [-0.39, 0.29) is 0 Å². The Balaban J connectivity index is 0.000000880. The molecule has 0 aromatic carbocycles. The molecule has 4 aliphatic carbocycles. The lowest BCUT2D eigenvalue weighted by molar-refractivity contribution is 0.0622. The summed E-state index contributed by atoms with van der Waals surface area (Å²) in [6.45, 7) is 7.27. The summed E-state index contributed by atoms with van der Waals surface area (Å²) in [5.41, 5.74) is 12.2. The topological polar surface area (TPSA) is 26.0 Å². The van der Waals surface area contributed by atoms with Crippen LogP contribution in [-0.2, 0) is 0 Å². The Morgan fingerprint density at radius 1 is 1.20 bits per heavy atom. The van der Waals surface area contributed by atoms with Crippen LogP contribution in [0.15, 0.2) is 34.4 Å². The molecule has 140 valence electrons. The molecule has 4 aliphatic rings. The molecule has 0 bridgehead atoms. The highest BCUT2D eigenvalue weighted by molar-refractivity contribution is 5.35. The van der Waals surface area contributed by atoms with Gasteiger partial charge < -0.3 is 5.73 Å². The number of unbranched alkanes of at least 4 members (excludes halogenated alkanes) is 1. The molecule has 0 aromatic heterocycles. The van der Waals surface area contributed by atoms with Crippen LogP contribution < -0.4 is 5.73 Å². The van der Waals surface area contributed by atoms with Gasteiger partial charge in [0.05, 0.1) is 0 Å². The summed E-state index contributed by atoms with van der Waals surface area (Å²) in [7, 11) is 1.50. The fourth-order valence-corrected chi connectivity index (χ4v) is 6.58. The van der Waals surface area contributed by atoms with Gasteiger partial charge in [0.2, 0.25) is 0 Å². The Labute approximate surface area is 155 Å². The van der Waals surface area contributed by atoms with Gasteiger partial charge in [0.15, 0.2) is 0 Å². The second-order valence-corrected chi connectivity index (χ2v) is 8.99. The summed E-state index contributed by atoms with van der Waals surface area (Å²) < 4.78 is 0. The van der Waals surface area contributed by atoms with Gasteiger partial charge in [-0.15, -0.1) is 0 Å². The third-order valence-electron chi connectivity index (χ3n) is 7.81. The van der Waals surface area contributed by atoms with Crippen LogP contribution in [0.3, 0.4) is 0 Å². The molecular formula is C24H39N. The van der Waals surface area contributed by atoms with Crippen molar-refractivity contribution >= 4 is 0 Å². The monoisotopic (exact) mass is 341 g/mol. The normalized spacial score (nSPS) is 38.4. The van der Waals surface area contributed by atoms with Gasteiger partial charge in [0.1, 0.15) is 0 Å². The zero-order valence-electron chi connectivity index (χ0n) is 17.0. The maximum atomic E-state index is 4.50. The number of hydrogen-bond acceptors (Lipinski definition) is 1. The molecule has 2 saturated carbocycles. The molecule has 2 fully saturated rings. The van der Waals surface area contributed by atoms with Crippen molar-refractivity contribution < 1.29 is 0 Å². The van der Waals surface area contributed by atoms with E-state index in [9.17, 15) is 0 Å². The van der Waals surface area contributed by atoms with Crippen LogP contribution >= 0.6 is 0 Å². The molecule has 0 amide bonds. The first kappa shape index (κ1) is 19.0. The molecule has 0 heterocycles. The molecule has 25 heavy (non-hydrogen) atoms. The van der Waals surface area contributed by atoms with Crippen LogP contribution in [0, 0.1) is 23.2 Å². The second kappa shape index (κ2) is 7.82. The third kappa shape index (κ3) is 3.29. The summed E-state index contributed by atoms with van der Waals surface area (Å²) in [5.74, 6) is 2.91. The number of fused-ring (bicyclic) bond motifs is 4. The predicted molar refractivity (Wildman–Crippen MR) is 109 cm³/mol. The number of rotatable bonds is 2. The van der Waals surface area contributed by atoms with E-state index in [2.05, 4.69) is 38.7 Å². The van der Waals surface area contributed by atoms with Crippen LogP contribution in [-0.4, -0.2) is 7.05 Å². The fourth-order valence-electron chi connectivity index (χ4n) is 6.58. The molecule has 4 rings (SSSR count). The molecule has 2 N–H and O–H groups in total. The Kier molecular flexibility index (Phi) is 5.93. The Bertz CT molecular complexity index is 579. The summed E-state index contributed by atoms with van der Waals surface area (Å²) in [6.07, 6.45) is 19.0. The van der Waals surface area contributed by atoms with E-state index in [4.69, 9.17) is 0 Å². The highest BCUT2D eigenvalue weighted by Gasteiger charge is 2.52. The highest BCUT2D eigenvalue weighted by Crippen LogP contribution is 2.62. The summed E-state index contributed by atoms with van der Waals surface area (Å²) in [5, 5.41) is 0. The number of hydrogen-bond donors (Lipinski definition) is 1. The van der Waals surface area contributed by atoms with Gasteiger partial charge in [-0.1, -0.05) is 54.7 Å². The molecule has 1 heteroatoms. The van der Waals surface area contributed by atoms with Gasteiger partial charge in [0, 0.05) is 0 Å². The van der Waals surface area contributed by atoms with Crippen LogP contribution in [0.5, 0.6) is 0 Å². The predicted octanol–water partition coefficient (Wildman–Crippen LogP) is 6.56.